The van der Waals surface area contributed by atoms with Crippen LogP contribution in [0.15, 0.2) is 30.3 Å². The Morgan fingerprint density at radius 2 is 2.00 bits per heavy atom. The van der Waals surface area contributed by atoms with Crippen molar-refractivity contribution in [1.29, 1.82) is 0 Å². The Morgan fingerprint density at radius 3 is 2.71 bits per heavy atom. The number of hydrogen-bond acceptors (Lipinski definition) is 5. The topological polar surface area (TPSA) is 62.8 Å². The van der Waals surface area contributed by atoms with Crippen LogP contribution in [0.5, 0.6) is 0 Å². The monoisotopic (exact) mass is 389 g/mol. The van der Waals surface area contributed by atoms with Crippen LogP contribution in [-0.4, -0.2) is 56.1 Å². The number of ether oxygens (including phenoxy) is 2. The summed E-state index contributed by atoms with van der Waals surface area (Å²) < 4.78 is 11.1. The Morgan fingerprint density at radius 1 is 1.25 bits per heavy atom. The third-order valence-corrected chi connectivity index (χ3v) is 5.55. The second-order valence-corrected chi connectivity index (χ2v) is 9.00. The maximum atomic E-state index is 12.2. The molecule has 3 rings (SSSR count). The van der Waals surface area contributed by atoms with Crippen molar-refractivity contribution in [2.75, 3.05) is 31.2 Å². The Bertz CT molecular complexity index is 632. The van der Waals surface area contributed by atoms with Crippen LogP contribution in [0, 0.1) is 5.92 Å². The van der Waals surface area contributed by atoms with Gasteiger partial charge in [0, 0.05) is 49.4 Å². The average molecular weight is 390 g/mol. The van der Waals surface area contributed by atoms with Crippen molar-refractivity contribution in [2.45, 2.75) is 64.3 Å². The lowest BCUT2D eigenvalue weighted by Gasteiger charge is -2.38. The fourth-order valence-corrected chi connectivity index (χ4v) is 4.13. The molecule has 1 aromatic rings. The lowest BCUT2D eigenvalue weighted by molar-refractivity contribution is 0.0106. The zero-order valence-corrected chi connectivity index (χ0v) is 17.6. The molecule has 2 fully saturated rings. The molecular weight excluding hydrogens is 354 g/mol. The van der Waals surface area contributed by atoms with Crippen molar-refractivity contribution in [1.82, 2.24) is 10.6 Å². The number of hydrogen-bond donors (Lipinski definition) is 2. The molecule has 0 radical (unpaired) electrons. The molecule has 2 aliphatic heterocycles. The van der Waals surface area contributed by atoms with E-state index >= 15 is 0 Å². The molecule has 1 aromatic carbocycles. The highest BCUT2D eigenvalue weighted by Crippen LogP contribution is 2.24. The lowest BCUT2D eigenvalue weighted by atomic mass is 9.89. The van der Waals surface area contributed by atoms with Crippen molar-refractivity contribution >= 4 is 11.8 Å². The van der Waals surface area contributed by atoms with Gasteiger partial charge in [-0.2, -0.15) is 0 Å². The number of amides is 1. The Balaban J connectivity index is 1.54. The molecule has 6 heteroatoms. The maximum Gasteiger partial charge on any atom is 0.407 e. The van der Waals surface area contributed by atoms with Crippen molar-refractivity contribution < 1.29 is 14.3 Å². The van der Waals surface area contributed by atoms with Crippen LogP contribution < -0.4 is 15.5 Å². The number of carbonyl (C=O) groups is 1. The summed E-state index contributed by atoms with van der Waals surface area (Å²) >= 11 is 0. The third kappa shape index (κ3) is 5.85. The van der Waals surface area contributed by atoms with E-state index in [1.165, 1.54) is 5.69 Å². The van der Waals surface area contributed by atoms with E-state index in [1.807, 2.05) is 27.7 Å². The van der Waals surface area contributed by atoms with Gasteiger partial charge in [-0.1, -0.05) is 18.2 Å². The molecule has 0 unspecified atom stereocenters. The van der Waals surface area contributed by atoms with Crippen molar-refractivity contribution in [3.8, 4) is 0 Å². The zero-order valence-electron chi connectivity index (χ0n) is 17.6. The quantitative estimate of drug-likeness (QED) is 0.810. The Kier molecular flexibility index (Phi) is 6.83. The summed E-state index contributed by atoms with van der Waals surface area (Å²) in [5, 5.41) is 6.86. The highest BCUT2D eigenvalue weighted by Gasteiger charge is 2.34. The summed E-state index contributed by atoms with van der Waals surface area (Å²) in [4.78, 5) is 14.6. The third-order valence-electron chi connectivity index (χ3n) is 5.55. The molecule has 28 heavy (non-hydrogen) atoms. The minimum atomic E-state index is -0.491. The summed E-state index contributed by atoms with van der Waals surface area (Å²) in [6.07, 6.45) is 1.74. The molecule has 4 atom stereocenters. The van der Waals surface area contributed by atoms with E-state index in [-0.39, 0.29) is 18.1 Å². The molecule has 0 bridgehead atoms. The van der Waals surface area contributed by atoms with E-state index in [0.29, 0.717) is 18.7 Å². The minimum absolute atomic E-state index is 0.0146. The molecule has 2 aliphatic rings. The number of nitrogens with zero attached hydrogens (tertiary/aromatic N) is 1. The van der Waals surface area contributed by atoms with Gasteiger partial charge >= 0.3 is 6.09 Å². The first-order valence-electron chi connectivity index (χ1n) is 10.4. The van der Waals surface area contributed by atoms with Gasteiger partial charge in [-0.15, -0.1) is 0 Å². The van der Waals surface area contributed by atoms with Gasteiger partial charge in [0.2, 0.25) is 0 Å². The Labute approximate surface area is 169 Å². The van der Waals surface area contributed by atoms with E-state index in [0.717, 1.165) is 32.5 Å². The van der Waals surface area contributed by atoms with Gasteiger partial charge in [-0.05, 0) is 52.7 Å². The van der Waals surface area contributed by atoms with E-state index in [1.54, 1.807) is 0 Å². The first kappa shape index (κ1) is 20.9. The molecule has 2 N–H and O–H groups in total. The maximum absolute atomic E-state index is 12.2. The van der Waals surface area contributed by atoms with Crippen LogP contribution in [0.25, 0.3) is 0 Å². The molecule has 0 aliphatic carbocycles. The van der Waals surface area contributed by atoms with Crippen LogP contribution in [0.3, 0.4) is 0 Å². The van der Waals surface area contributed by atoms with Gasteiger partial charge in [0.1, 0.15) is 5.60 Å². The molecule has 0 aromatic heterocycles. The molecule has 1 amide bonds. The standard InChI is InChI=1S/C22H35N3O3/c1-16(23-21(26)28-22(2,3)4)19-15-27-13-11-20(19)24-17-10-12-25(14-17)18-8-6-5-7-9-18/h5-9,16-17,19-20,24H,10-15H2,1-4H3,(H,23,26)/t16-,17-,19-,20-/m0/s1. The normalized spacial score (nSPS) is 26.7. The molecule has 0 spiro atoms. The highest BCUT2D eigenvalue weighted by molar-refractivity contribution is 5.68. The summed E-state index contributed by atoms with van der Waals surface area (Å²) in [6.45, 7) is 11.2. The van der Waals surface area contributed by atoms with E-state index in [2.05, 4.69) is 45.9 Å². The first-order chi connectivity index (χ1) is 13.3. The van der Waals surface area contributed by atoms with Gasteiger partial charge in [0.25, 0.3) is 0 Å². The Hall–Kier alpha value is -1.79. The minimum Gasteiger partial charge on any atom is -0.444 e. The van der Waals surface area contributed by atoms with E-state index in [9.17, 15) is 4.79 Å². The van der Waals surface area contributed by atoms with Crippen LogP contribution >= 0.6 is 0 Å². The van der Waals surface area contributed by atoms with E-state index in [4.69, 9.17) is 9.47 Å². The molecule has 0 saturated carbocycles. The summed E-state index contributed by atoms with van der Waals surface area (Å²) in [5.74, 6) is 0.229. The number of anilines is 1. The number of para-hydroxylation sites is 1. The fraction of sp³-hybridized carbons (Fsp3) is 0.682. The molecule has 2 saturated heterocycles. The zero-order chi connectivity index (χ0) is 20.1. The second-order valence-electron chi connectivity index (χ2n) is 9.00. The molecular formula is C22H35N3O3. The van der Waals surface area contributed by atoms with E-state index < -0.39 is 5.60 Å². The lowest BCUT2D eigenvalue weighted by Crippen LogP contribution is -2.55. The number of carbonyl (C=O) groups excluding carboxylic acids is 1. The predicted molar refractivity (Wildman–Crippen MR) is 112 cm³/mol. The van der Waals surface area contributed by atoms with Gasteiger partial charge in [0.05, 0.1) is 6.61 Å². The van der Waals surface area contributed by atoms with Crippen LogP contribution in [0.4, 0.5) is 10.5 Å². The van der Waals surface area contributed by atoms with Gasteiger partial charge in [0.15, 0.2) is 0 Å². The number of alkyl carbamates (subject to hydrolysis) is 1. The van der Waals surface area contributed by atoms with Crippen molar-refractivity contribution in [3.05, 3.63) is 30.3 Å². The summed E-state index contributed by atoms with van der Waals surface area (Å²) in [6, 6.07) is 11.4. The second kappa shape index (κ2) is 9.14. The SMILES string of the molecule is C[C@H](NC(=O)OC(C)(C)C)[C@@H]1COCC[C@@H]1N[C@H]1CCN(c2ccccc2)C1. The van der Waals surface area contributed by atoms with Gasteiger partial charge in [-0.3, -0.25) is 0 Å². The summed E-state index contributed by atoms with van der Waals surface area (Å²) in [5.41, 5.74) is 0.796. The largest absolute Gasteiger partial charge is 0.444 e. The number of nitrogens with one attached hydrogen (secondary N) is 2. The molecule has 6 nitrogen and oxygen atoms in total. The van der Waals surface area contributed by atoms with Gasteiger partial charge in [-0.25, -0.2) is 4.79 Å². The van der Waals surface area contributed by atoms with Crippen LogP contribution in [0.2, 0.25) is 0 Å². The highest BCUT2D eigenvalue weighted by atomic mass is 16.6. The number of rotatable bonds is 5. The van der Waals surface area contributed by atoms with Crippen molar-refractivity contribution in [2.24, 2.45) is 5.92 Å². The summed E-state index contributed by atoms with van der Waals surface area (Å²) in [7, 11) is 0. The fourth-order valence-electron chi connectivity index (χ4n) is 4.13. The average Bonchev–Trinajstić information content (AvgIpc) is 3.10. The van der Waals surface area contributed by atoms with Crippen molar-refractivity contribution in [3.63, 3.8) is 0 Å². The van der Waals surface area contributed by atoms with Crippen LogP contribution in [-0.2, 0) is 9.47 Å². The smallest absolute Gasteiger partial charge is 0.407 e. The first-order valence-corrected chi connectivity index (χ1v) is 10.4. The van der Waals surface area contributed by atoms with Crippen LogP contribution in [0.1, 0.15) is 40.5 Å². The molecule has 2 heterocycles. The van der Waals surface area contributed by atoms with Gasteiger partial charge < -0.3 is 25.0 Å². The predicted octanol–water partition coefficient (Wildman–Crippen LogP) is 3.17. The molecule has 156 valence electrons. The number of benzene rings is 1.